The molecule has 0 radical (unpaired) electrons. The number of halogens is 3. The van der Waals surface area contributed by atoms with Crippen molar-refractivity contribution < 1.29 is 18.0 Å². The Labute approximate surface area is 113 Å². The van der Waals surface area contributed by atoms with E-state index in [1.54, 1.807) is 6.92 Å². The molecule has 5 nitrogen and oxygen atoms in total. The average molecular weight is 298 g/mol. The number of rotatable bonds is 1. The van der Waals surface area contributed by atoms with E-state index in [2.05, 4.69) is 20.0 Å². The maximum atomic E-state index is 12.5. The number of aromatic nitrogens is 2. The summed E-state index contributed by atoms with van der Waals surface area (Å²) in [6.07, 6.45) is -3.34. The van der Waals surface area contributed by atoms with Crippen molar-refractivity contribution in [3.05, 3.63) is 33.8 Å². The van der Waals surface area contributed by atoms with Crippen LogP contribution in [0.5, 0.6) is 0 Å². The summed E-state index contributed by atoms with van der Waals surface area (Å²) in [6, 6.07) is 0.837. The molecule has 0 saturated heterocycles. The van der Waals surface area contributed by atoms with Crippen molar-refractivity contribution in [1.29, 1.82) is 0 Å². The quantitative estimate of drug-likeness (QED) is 0.807. The van der Waals surface area contributed by atoms with E-state index < -0.39 is 17.2 Å². The molecule has 0 spiro atoms. The van der Waals surface area contributed by atoms with Crippen molar-refractivity contribution >= 4 is 17.4 Å². The first-order valence-electron chi connectivity index (χ1n) is 5.37. The monoisotopic (exact) mass is 298 g/mol. The lowest BCUT2D eigenvalue weighted by atomic mass is 10.2. The highest BCUT2D eigenvalue weighted by atomic mass is 32.1. The zero-order valence-corrected chi connectivity index (χ0v) is 10.7. The summed E-state index contributed by atoms with van der Waals surface area (Å²) in [6.45, 7) is 1.63. The van der Waals surface area contributed by atoms with Crippen molar-refractivity contribution in [2.24, 2.45) is 9.98 Å². The second-order valence-corrected chi connectivity index (χ2v) is 5.03. The van der Waals surface area contributed by atoms with Gasteiger partial charge in [0.05, 0.1) is 4.88 Å². The lowest BCUT2D eigenvalue weighted by Crippen LogP contribution is -2.26. The summed E-state index contributed by atoms with van der Waals surface area (Å²) in [7, 11) is 0. The number of aryl methyl sites for hydroxylation is 1. The molecule has 0 N–H and O–H groups in total. The van der Waals surface area contributed by atoms with Gasteiger partial charge in [0.15, 0.2) is 10.5 Å². The van der Waals surface area contributed by atoms with Crippen molar-refractivity contribution in [2.45, 2.75) is 13.1 Å². The van der Waals surface area contributed by atoms with Gasteiger partial charge in [-0.2, -0.15) is 23.2 Å². The van der Waals surface area contributed by atoms with E-state index in [9.17, 15) is 18.0 Å². The number of amides is 2. The van der Waals surface area contributed by atoms with Crippen LogP contribution in [-0.4, -0.2) is 16.0 Å². The van der Waals surface area contributed by atoms with Crippen LogP contribution in [0.1, 0.15) is 10.7 Å². The lowest BCUT2D eigenvalue weighted by Gasteiger charge is -2.01. The molecule has 0 unspecified atom stereocenters. The van der Waals surface area contributed by atoms with E-state index in [1.807, 2.05) is 0 Å². The Hall–Kier alpha value is -2.16. The Kier molecular flexibility index (Phi) is 2.68. The molecule has 9 heteroatoms. The van der Waals surface area contributed by atoms with E-state index in [0.29, 0.717) is 27.5 Å². The maximum Gasteiger partial charge on any atom is 0.443 e. The fourth-order valence-corrected chi connectivity index (χ4v) is 2.60. The molecule has 0 saturated carbocycles. The minimum Gasteiger partial charge on any atom is -0.244 e. The van der Waals surface area contributed by atoms with E-state index in [1.165, 1.54) is 6.07 Å². The zero-order chi connectivity index (χ0) is 14.5. The predicted molar refractivity (Wildman–Crippen MR) is 62.8 cm³/mol. The van der Waals surface area contributed by atoms with Crippen LogP contribution < -0.4 is 10.8 Å². The molecule has 1 aliphatic rings. The zero-order valence-electron chi connectivity index (χ0n) is 9.89. The highest BCUT2D eigenvalue weighted by Gasteiger charge is 2.34. The van der Waals surface area contributed by atoms with Crippen LogP contribution in [0.15, 0.2) is 22.2 Å². The minimum absolute atomic E-state index is 0.191. The average Bonchev–Trinajstić information content (AvgIpc) is 2.92. The third-order valence-electron chi connectivity index (χ3n) is 2.60. The van der Waals surface area contributed by atoms with Gasteiger partial charge in [-0.25, -0.2) is 14.8 Å². The van der Waals surface area contributed by atoms with Gasteiger partial charge in [0.2, 0.25) is 0 Å². The fraction of sp³-hybridized carbons (Fsp3) is 0.182. The second kappa shape index (κ2) is 4.17. The topological polar surface area (TPSA) is 67.6 Å². The van der Waals surface area contributed by atoms with E-state index in [0.717, 1.165) is 6.20 Å². The number of fused-ring (bicyclic) bond motifs is 1. The molecular formula is C11H5F3N4OS. The number of hydrogen-bond donors (Lipinski definition) is 0. The first kappa shape index (κ1) is 12.9. The van der Waals surface area contributed by atoms with Crippen LogP contribution in [0, 0.1) is 6.92 Å². The SMILES string of the molecule is Cc1nc2c(cc1-c1cnc(C(F)(F)F)s1)=NC(=O)N=2. The van der Waals surface area contributed by atoms with Crippen molar-refractivity contribution in [1.82, 2.24) is 9.97 Å². The first-order valence-corrected chi connectivity index (χ1v) is 6.19. The molecule has 2 aromatic rings. The Balaban J connectivity index is 2.15. The van der Waals surface area contributed by atoms with Gasteiger partial charge >= 0.3 is 12.2 Å². The molecule has 0 aliphatic carbocycles. The van der Waals surface area contributed by atoms with Crippen molar-refractivity contribution in [3.63, 3.8) is 0 Å². The number of hydrogen-bond acceptors (Lipinski definition) is 4. The minimum atomic E-state index is -4.48. The number of urea groups is 1. The van der Waals surface area contributed by atoms with Crippen LogP contribution in [-0.2, 0) is 6.18 Å². The maximum absolute atomic E-state index is 12.5. The molecular weight excluding hydrogens is 293 g/mol. The molecule has 1 aliphatic heterocycles. The predicted octanol–water partition coefficient (Wildman–Crippen LogP) is 1.91. The van der Waals surface area contributed by atoms with Gasteiger partial charge in [0.1, 0.15) is 5.36 Å². The molecule has 0 aromatic carbocycles. The highest BCUT2D eigenvalue weighted by molar-refractivity contribution is 7.15. The third-order valence-corrected chi connectivity index (χ3v) is 3.68. The standard InChI is InChI=1S/C11H5F3N4OS/c1-4-5(2-6-8(16-4)18-10(19)17-6)7-3-15-9(20-7)11(12,13)14/h2-3H,1H3. The lowest BCUT2D eigenvalue weighted by molar-refractivity contribution is -0.137. The van der Waals surface area contributed by atoms with Gasteiger partial charge in [0, 0.05) is 17.5 Å². The van der Waals surface area contributed by atoms with Gasteiger partial charge < -0.3 is 0 Å². The summed E-state index contributed by atoms with van der Waals surface area (Å²) >= 11 is 0.520. The van der Waals surface area contributed by atoms with Gasteiger partial charge in [-0.1, -0.05) is 0 Å². The van der Waals surface area contributed by atoms with Crippen molar-refractivity contribution in [3.8, 4) is 10.4 Å². The highest BCUT2D eigenvalue weighted by Crippen LogP contribution is 2.36. The van der Waals surface area contributed by atoms with Gasteiger partial charge in [-0.05, 0) is 13.0 Å². The van der Waals surface area contributed by atoms with E-state index in [-0.39, 0.29) is 10.8 Å². The smallest absolute Gasteiger partial charge is 0.244 e. The van der Waals surface area contributed by atoms with Gasteiger partial charge in [-0.3, -0.25) is 0 Å². The summed E-state index contributed by atoms with van der Waals surface area (Å²) in [4.78, 5) is 26.0. The number of carbonyl (C=O) groups is 1. The molecule has 2 aromatic heterocycles. The molecule has 20 heavy (non-hydrogen) atoms. The molecule has 0 bridgehead atoms. The van der Waals surface area contributed by atoms with Crippen LogP contribution in [0.25, 0.3) is 10.4 Å². The Morgan fingerprint density at radius 1 is 1.25 bits per heavy atom. The molecule has 102 valence electrons. The Morgan fingerprint density at radius 2 is 2.00 bits per heavy atom. The van der Waals surface area contributed by atoms with Crippen LogP contribution in [0.3, 0.4) is 0 Å². The van der Waals surface area contributed by atoms with Crippen LogP contribution >= 0.6 is 11.3 Å². The summed E-state index contributed by atoms with van der Waals surface area (Å²) in [5.41, 5.74) is 1.12. The molecule has 3 rings (SSSR count). The second-order valence-electron chi connectivity index (χ2n) is 4.00. The number of nitrogens with zero attached hydrogens (tertiary/aromatic N) is 4. The number of alkyl halides is 3. The van der Waals surface area contributed by atoms with Crippen LogP contribution in [0.2, 0.25) is 0 Å². The number of thiazole rings is 1. The molecule has 2 amide bonds. The summed E-state index contributed by atoms with van der Waals surface area (Å²) < 4.78 is 37.6. The van der Waals surface area contributed by atoms with Gasteiger partial charge in [0.25, 0.3) is 0 Å². The normalized spacial score (nSPS) is 13.9. The van der Waals surface area contributed by atoms with E-state index >= 15 is 0 Å². The van der Waals surface area contributed by atoms with Crippen LogP contribution in [0.4, 0.5) is 18.0 Å². The molecule has 0 fully saturated rings. The van der Waals surface area contributed by atoms with Crippen molar-refractivity contribution in [2.75, 3.05) is 0 Å². The Bertz CT molecular complexity index is 840. The number of pyridine rings is 1. The fourth-order valence-electron chi connectivity index (χ4n) is 1.74. The third kappa shape index (κ3) is 2.09. The Morgan fingerprint density at radius 3 is 2.65 bits per heavy atom. The first-order chi connectivity index (χ1) is 9.34. The number of carbonyl (C=O) groups excluding carboxylic acids is 1. The van der Waals surface area contributed by atoms with Gasteiger partial charge in [-0.15, -0.1) is 11.3 Å². The molecule has 3 heterocycles. The van der Waals surface area contributed by atoms with E-state index in [4.69, 9.17) is 0 Å². The molecule has 0 atom stereocenters. The summed E-state index contributed by atoms with van der Waals surface area (Å²) in [5, 5.41) is -0.664. The largest absolute Gasteiger partial charge is 0.443 e. The summed E-state index contributed by atoms with van der Waals surface area (Å²) in [5.74, 6) is 0.